The number of nitrogens with zero attached hydrogens (tertiary/aromatic N) is 2. The Morgan fingerprint density at radius 1 is 1.00 bits per heavy atom. The van der Waals surface area contributed by atoms with Gasteiger partial charge in [0.1, 0.15) is 0 Å². The average Bonchev–Trinajstić information content (AvgIpc) is 2.66. The van der Waals surface area contributed by atoms with Crippen molar-refractivity contribution < 1.29 is 14.7 Å². The van der Waals surface area contributed by atoms with Crippen molar-refractivity contribution in [2.75, 3.05) is 26.2 Å². The van der Waals surface area contributed by atoms with Crippen molar-refractivity contribution in [1.82, 2.24) is 9.80 Å². The van der Waals surface area contributed by atoms with Gasteiger partial charge in [-0.15, -0.1) is 0 Å². The number of hydrogen-bond acceptors (Lipinski definition) is 3. The fourth-order valence-corrected chi connectivity index (χ4v) is 3.84. The van der Waals surface area contributed by atoms with Gasteiger partial charge in [-0.25, -0.2) is 0 Å². The predicted molar refractivity (Wildman–Crippen MR) is 95.9 cm³/mol. The molecule has 1 unspecified atom stereocenters. The molecular formula is C20H28N2O3. The second-order valence-corrected chi connectivity index (χ2v) is 7.22. The Labute approximate surface area is 149 Å². The third-order valence-corrected chi connectivity index (χ3v) is 5.38. The number of aliphatic hydroxyl groups excluding tert-OH is 1. The van der Waals surface area contributed by atoms with Gasteiger partial charge in [-0.1, -0.05) is 30.3 Å². The molecule has 1 aromatic rings. The molecule has 0 radical (unpaired) electrons. The lowest BCUT2D eigenvalue weighted by Crippen LogP contribution is -2.48. The van der Waals surface area contributed by atoms with Gasteiger partial charge in [0.15, 0.2) is 0 Å². The second kappa shape index (κ2) is 8.48. The molecule has 25 heavy (non-hydrogen) atoms. The maximum atomic E-state index is 12.6. The van der Waals surface area contributed by atoms with Gasteiger partial charge in [0.25, 0.3) is 0 Å². The van der Waals surface area contributed by atoms with Crippen molar-refractivity contribution in [3.05, 3.63) is 35.9 Å². The lowest BCUT2D eigenvalue weighted by atomic mass is 9.93. The van der Waals surface area contributed by atoms with Crippen LogP contribution in [0.1, 0.15) is 37.7 Å². The quantitative estimate of drug-likeness (QED) is 0.907. The van der Waals surface area contributed by atoms with Crippen LogP contribution in [0.25, 0.3) is 0 Å². The van der Waals surface area contributed by atoms with E-state index in [1.54, 1.807) is 0 Å². The molecule has 0 aromatic heterocycles. The van der Waals surface area contributed by atoms with Crippen LogP contribution in [0.3, 0.4) is 0 Å². The molecule has 136 valence electrons. The monoisotopic (exact) mass is 344 g/mol. The normalized spacial score (nSPS) is 22.0. The van der Waals surface area contributed by atoms with Gasteiger partial charge in [0.05, 0.1) is 6.10 Å². The molecule has 2 fully saturated rings. The molecule has 0 spiro atoms. The van der Waals surface area contributed by atoms with Gasteiger partial charge >= 0.3 is 0 Å². The molecular weight excluding hydrogens is 316 g/mol. The van der Waals surface area contributed by atoms with Crippen molar-refractivity contribution in [3.8, 4) is 0 Å². The maximum absolute atomic E-state index is 12.6. The summed E-state index contributed by atoms with van der Waals surface area (Å²) in [4.78, 5) is 28.7. The van der Waals surface area contributed by atoms with Crippen LogP contribution in [0.5, 0.6) is 0 Å². The molecule has 5 heteroatoms. The fraction of sp³-hybridized carbons (Fsp3) is 0.600. The van der Waals surface area contributed by atoms with E-state index in [1.807, 2.05) is 40.1 Å². The summed E-state index contributed by atoms with van der Waals surface area (Å²) in [6.45, 7) is 2.56. The van der Waals surface area contributed by atoms with Crippen molar-refractivity contribution in [2.24, 2.45) is 5.92 Å². The van der Waals surface area contributed by atoms with Gasteiger partial charge in [-0.2, -0.15) is 0 Å². The first-order valence-electron chi connectivity index (χ1n) is 9.42. The minimum atomic E-state index is -0.377. The zero-order chi connectivity index (χ0) is 17.6. The lowest BCUT2D eigenvalue weighted by molar-refractivity contribution is -0.143. The van der Waals surface area contributed by atoms with Gasteiger partial charge < -0.3 is 14.9 Å². The Balaban J connectivity index is 1.43. The summed E-state index contributed by atoms with van der Waals surface area (Å²) in [6, 6.07) is 10.1. The van der Waals surface area contributed by atoms with Crippen molar-refractivity contribution >= 4 is 11.8 Å². The van der Waals surface area contributed by atoms with E-state index >= 15 is 0 Å². The Hall–Kier alpha value is -1.88. The first-order valence-corrected chi connectivity index (χ1v) is 9.42. The van der Waals surface area contributed by atoms with Crippen LogP contribution in [-0.4, -0.2) is 59.0 Å². The zero-order valence-corrected chi connectivity index (χ0v) is 14.8. The van der Waals surface area contributed by atoms with Crippen molar-refractivity contribution in [1.29, 1.82) is 0 Å². The van der Waals surface area contributed by atoms with Crippen LogP contribution in [-0.2, 0) is 16.0 Å². The number of aryl methyl sites for hydroxylation is 1. The molecule has 2 saturated heterocycles. The highest BCUT2D eigenvalue weighted by Gasteiger charge is 2.31. The molecule has 0 saturated carbocycles. The van der Waals surface area contributed by atoms with Crippen molar-refractivity contribution in [2.45, 2.75) is 44.6 Å². The summed E-state index contributed by atoms with van der Waals surface area (Å²) >= 11 is 0. The van der Waals surface area contributed by atoms with Gasteiger partial charge in [-0.05, 0) is 37.7 Å². The van der Waals surface area contributed by atoms with E-state index in [-0.39, 0.29) is 23.8 Å². The number of carbonyl (C=O) groups is 2. The number of benzene rings is 1. The molecule has 2 aliphatic rings. The summed E-state index contributed by atoms with van der Waals surface area (Å²) in [5.74, 6) is 0.349. The van der Waals surface area contributed by atoms with Crippen LogP contribution in [0.15, 0.2) is 30.3 Å². The Kier molecular flexibility index (Phi) is 6.08. The van der Waals surface area contributed by atoms with Gasteiger partial charge in [-0.3, -0.25) is 9.59 Å². The van der Waals surface area contributed by atoms with Crippen LogP contribution in [0.4, 0.5) is 0 Å². The van der Waals surface area contributed by atoms with Crippen LogP contribution in [0.2, 0.25) is 0 Å². The van der Waals surface area contributed by atoms with E-state index in [0.717, 1.165) is 38.6 Å². The largest absolute Gasteiger partial charge is 0.391 e. The minimum Gasteiger partial charge on any atom is -0.391 e. The highest BCUT2D eigenvalue weighted by molar-refractivity contribution is 5.80. The smallest absolute Gasteiger partial charge is 0.225 e. The van der Waals surface area contributed by atoms with E-state index < -0.39 is 0 Å². The predicted octanol–water partition coefficient (Wildman–Crippen LogP) is 1.84. The van der Waals surface area contributed by atoms with E-state index in [4.69, 9.17) is 0 Å². The maximum Gasteiger partial charge on any atom is 0.225 e. The molecule has 2 heterocycles. The molecule has 3 rings (SSSR count). The first kappa shape index (κ1) is 17.9. The number of hydrogen-bond donors (Lipinski definition) is 1. The zero-order valence-electron chi connectivity index (χ0n) is 14.8. The molecule has 0 bridgehead atoms. The molecule has 5 nitrogen and oxygen atoms in total. The topological polar surface area (TPSA) is 60.9 Å². The molecule has 1 N–H and O–H groups in total. The fourth-order valence-electron chi connectivity index (χ4n) is 3.84. The third-order valence-electron chi connectivity index (χ3n) is 5.38. The van der Waals surface area contributed by atoms with E-state index in [1.165, 1.54) is 5.56 Å². The number of carbonyl (C=O) groups excluding carboxylic acids is 2. The van der Waals surface area contributed by atoms with Gasteiger partial charge in [0.2, 0.25) is 11.8 Å². The van der Waals surface area contributed by atoms with E-state index in [0.29, 0.717) is 26.1 Å². The molecule has 2 amide bonds. The number of rotatable bonds is 4. The van der Waals surface area contributed by atoms with Crippen LogP contribution < -0.4 is 0 Å². The Bertz CT molecular complexity index is 582. The Morgan fingerprint density at radius 2 is 1.72 bits per heavy atom. The van der Waals surface area contributed by atoms with E-state index in [2.05, 4.69) is 0 Å². The Morgan fingerprint density at radius 3 is 2.40 bits per heavy atom. The lowest BCUT2D eigenvalue weighted by Gasteiger charge is -2.36. The van der Waals surface area contributed by atoms with Crippen LogP contribution in [0, 0.1) is 5.92 Å². The molecule has 2 aliphatic heterocycles. The van der Waals surface area contributed by atoms with Gasteiger partial charge in [0, 0.05) is 38.5 Å². The summed E-state index contributed by atoms with van der Waals surface area (Å²) < 4.78 is 0. The second-order valence-electron chi connectivity index (χ2n) is 7.22. The average molecular weight is 344 g/mol. The number of likely N-dealkylation sites (tertiary alicyclic amines) is 2. The molecule has 1 atom stereocenters. The third kappa shape index (κ3) is 4.82. The number of amides is 2. The molecule has 0 aliphatic carbocycles. The molecule has 1 aromatic carbocycles. The number of aliphatic hydroxyl groups is 1. The number of β-amino-alcohol motifs (C(OH)–C–C–N with tert-alkyl or cyclic N) is 1. The highest BCUT2D eigenvalue weighted by Crippen LogP contribution is 2.22. The van der Waals surface area contributed by atoms with Crippen molar-refractivity contribution in [3.63, 3.8) is 0 Å². The van der Waals surface area contributed by atoms with Crippen LogP contribution >= 0.6 is 0 Å². The summed E-state index contributed by atoms with van der Waals surface area (Å²) in [5.41, 5.74) is 1.18. The highest BCUT2D eigenvalue weighted by atomic mass is 16.3. The summed E-state index contributed by atoms with van der Waals surface area (Å²) in [7, 11) is 0. The van der Waals surface area contributed by atoms with E-state index in [9.17, 15) is 14.7 Å². The number of piperidine rings is 2. The summed E-state index contributed by atoms with van der Waals surface area (Å²) in [6.07, 6.45) is 4.07. The standard InChI is InChI=1S/C20H28N2O3/c23-18-7-4-12-22(15-18)20(25)17-10-13-21(14-11-17)19(24)9-8-16-5-2-1-3-6-16/h1-3,5-6,17-18,23H,4,7-15H2. The SMILES string of the molecule is O=C(CCc1ccccc1)N1CCC(C(=O)N2CCCC(O)C2)CC1. The minimum absolute atomic E-state index is 0.00322. The first-order chi connectivity index (χ1) is 12.1. The summed E-state index contributed by atoms with van der Waals surface area (Å²) in [5, 5.41) is 9.75.